The van der Waals surface area contributed by atoms with Crippen LogP contribution in [0.15, 0.2) is 36.7 Å². The molecule has 0 amide bonds. The number of aryl methyl sites for hydroxylation is 1. The monoisotopic (exact) mass is 270 g/mol. The lowest BCUT2D eigenvalue weighted by Gasteiger charge is -2.16. The van der Waals surface area contributed by atoms with Gasteiger partial charge in [0.2, 0.25) is 0 Å². The minimum atomic E-state index is -4.49. The molecule has 102 valence electrons. The van der Waals surface area contributed by atoms with Crippen LogP contribution in [0.2, 0.25) is 0 Å². The Hall–Kier alpha value is -1.82. The summed E-state index contributed by atoms with van der Waals surface area (Å²) in [5, 5.41) is 14.0. The van der Waals surface area contributed by atoms with E-state index in [1.807, 2.05) is 6.92 Å². The summed E-state index contributed by atoms with van der Waals surface area (Å²) in [7, 11) is 0. The fourth-order valence-corrected chi connectivity index (χ4v) is 1.87. The third kappa shape index (κ3) is 2.78. The van der Waals surface area contributed by atoms with Crippen molar-refractivity contribution < 1.29 is 18.3 Å². The Bertz CT molecular complexity index is 563. The lowest BCUT2D eigenvalue weighted by Crippen LogP contribution is -2.12. The standard InChI is InChI=1S/C13H13F3N2O/c1-2-18-8-9(7-17-18)12(19)10-5-3-4-6-11(10)13(14,15)16/h3-8,12,19H,2H2,1H3. The van der Waals surface area contributed by atoms with Crippen LogP contribution in [-0.2, 0) is 12.7 Å². The van der Waals surface area contributed by atoms with Crippen molar-refractivity contribution in [3.63, 3.8) is 0 Å². The maximum atomic E-state index is 12.9. The molecular formula is C13H13F3N2O. The Balaban J connectivity index is 2.41. The first-order valence-electron chi connectivity index (χ1n) is 5.80. The van der Waals surface area contributed by atoms with Gasteiger partial charge in [0.1, 0.15) is 6.10 Å². The van der Waals surface area contributed by atoms with Crippen molar-refractivity contribution in [2.75, 3.05) is 0 Å². The Labute approximate surface area is 108 Å². The zero-order valence-corrected chi connectivity index (χ0v) is 10.2. The van der Waals surface area contributed by atoms with E-state index in [9.17, 15) is 18.3 Å². The number of hydrogen-bond acceptors (Lipinski definition) is 2. The molecule has 0 aliphatic rings. The topological polar surface area (TPSA) is 38.0 Å². The number of halogens is 3. The largest absolute Gasteiger partial charge is 0.416 e. The molecule has 0 bridgehead atoms. The molecule has 1 unspecified atom stereocenters. The van der Waals surface area contributed by atoms with Gasteiger partial charge in [0, 0.05) is 18.3 Å². The Morgan fingerprint density at radius 3 is 2.58 bits per heavy atom. The van der Waals surface area contributed by atoms with Gasteiger partial charge in [-0.05, 0) is 18.6 Å². The summed E-state index contributed by atoms with van der Waals surface area (Å²) in [5.74, 6) is 0. The Kier molecular flexibility index (Phi) is 3.61. The number of nitrogens with zero attached hydrogens (tertiary/aromatic N) is 2. The van der Waals surface area contributed by atoms with Crippen molar-refractivity contribution in [3.05, 3.63) is 53.3 Å². The van der Waals surface area contributed by atoms with Crippen LogP contribution in [-0.4, -0.2) is 14.9 Å². The summed E-state index contributed by atoms with van der Waals surface area (Å²) < 4.78 is 40.1. The van der Waals surface area contributed by atoms with E-state index >= 15 is 0 Å². The molecule has 2 rings (SSSR count). The molecule has 0 saturated carbocycles. The molecular weight excluding hydrogens is 257 g/mol. The summed E-state index contributed by atoms with van der Waals surface area (Å²) in [6.07, 6.45) is -2.91. The molecule has 6 heteroatoms. The fraction of sp³-hybridized carbons (Fsp3) is 0.308. The number of rotatable bonds is 3. The maximum Gasteiger partial charge on any atom is 0.416 e. The third-order valence-electron chi connectivity index (χ3n) is 2.85. The van der Waals surface area contributed by atoms with Gasteiger partial charge in [-0.25, -0.2) is 0 Å². The van der Waals surface area contributed by atoms with Crippen LogP contribution in [0.4, 0.5) is 13.2 Å². The second-order valence-corrected chi connectivity index (χ2v) is 4.12. The smallest absolute Gasteiger partial charge is 0.384 e. The van der Waals surface area contributed by atoms with E-state index in [1.54, 1.807) is 4.68 Å². The van der Waals surface area contributed by atoms with Crippen LogP contribution < -0.4 is 0 Å². The Morgan fingerprint density at radius 2 is 2.00 bits per heavy atom. The zero-order chi connectivity index (χ0) is 14.0. The van der Waals surface area contributed by atoms with Gasteiger partial charge in [-0.3, -0.25) is 4.68 Å². The van der Waals surface area contributed by atoms with Gasteiger partial charge >= 0.3 is 6.18 Å². The van der Waals surface area contributed by atoms with Gasteiger partial charge in [-0.2, -0.15) is 18.3 Å². The molecule has 0 radical (unpaired) electrons. The molecule has 1 aromatic heterocycles. The highest BCUT2D eigenvalue weighted by atomic mass is 19.4. The highest BCUT2D eigenvalue weighted by Gasteiger charge is 2.35. The predicted molar refractivity (Wildman–Crippen MR) is 63.4 cm³/mol. The summed E-state index contributed by atoms with van der Waals surface area (Å²) in [4.78, 5) is 0. The average Bonchev–Trinajstić information content (AvgIpc) is 2.85. The third-order valence-corrected chi connectivity index (χ3v) is 2.85. The first-order chi connectivity index (χ1) is 8.93. The van der Waals surface area contributed by atoms with E-state index in [-0.39, 0.29) is 5.56 Å². The zero-order valence-electron chi connectivity index (χ0n) is 10.2. The number of aromatic nitrogens is 2. The van der Waals surface area contributed by atoms with Crippen LogP contribution in [0.25, 0.3) is 0 Å². The van der Waals surface area contributed by atoms with E-state index in [4.69, 9.17) is 0 Å². The molecule has 0 spiro atoms. The summed E-state index contributed by atoms with van der Waals surface area (Å²) >= 11 is 0. The van der Waals surface area contributed by atoms with Crippen molar-refractivity contribution in [3.8, 4) is 0 Å². The number of aliphatic hydroxyl groups is 1. The summed E-state index contributed by atoms with van der Waals surface area (Å²) in [5.41, 5.74) is -0.643. The number of benzene rings is 1. The summed E-state index contributed by atoms with van der Waals surface area (Å²) in [6, 6.07) is 5.01. The lowest BCUT2D eigenvalue weighted by molar-refractivity contribution is -0.139. The van der Waals surface area contributed by atoms with Crippen LogP contribution in [0.3, 0.4) is 0 Å². The molecule has 3 nitrogen and oxygen atoms in total. The molecule has 19 heavy (non-hydrogen) atoms. The highest BCUT2D eigenvalue weighted by Crippen LogP contribution is 2.36. The molecule has 1 atom stereocenters. The number of alkyl halides is 3. The molecule has 0 fully saturated rings. The van der Waals surface area contributed by atoms with E-state index < -0.39 is 17.8 Å². The Morgan fingerprint density at radius 1 is 1.32 bits per heavy atom. The first-order valence-corrected chi connectivity index (χ1v) is 5.80. The second kappa shape index (κ2) is 5.05. The van der Waals surface area contributed by atoms with E-state index in [2.05, 4.69) is 5.10 Å². The van der Waals surface area contributed by atoms with Crippen LogP contribution >= 0.6 is 0 Å². The highest BCUT2D eigenvalue weighted by molar-refractivity contribution is 5.36. The average molecular weight is 270 g/mol. The van der Waals surface area contributed by atoms with Gasteiger partial charge in [0.05, 0.1) is 11.8 Å². The van der Waals surface area contributed by atoms with E-state index in [1.165, 1.54) is 30.6 Å². The minimum Gasteiger partial charge on any atom is -0.384 e. The number of aliphatic hydroxyl groups excluding tert-OH is 1. The molecule has 0 saturated heterocycles. The van der Waals surface area contributed by atoms with Crippen molar-refractivity contribution in [2.24, 2.45) is 0 Å². The van der Waals surface area contributed by atoms with Gasteiger partial charge in [-0.15, -0.1) is 0 Å². The quantitative estimate of drug-likeness (QED) is 0.931. The van der Waals surface area contributed by atoms with Crippen molar-refractivity contribution in [2.45, 2.75) is 25.7 Å². The normalized spacial score (nSPS) is 13.5. The lowest BCUT2D eigenvalue weighted by atomic mass is 9.98. The first kappa shape index (κ1) is 13.6. The van der Waals surface area contributed by atoms with E-state index in [0.29, 0.717) is 12.1 Å². The van der Waals surface area contributed by atoms with Gasteiger partial charge < -0.3 is 5.11 Å². The van der Waals surface area contributed by atoms with Gasteiger partial charge in [0.15, 0.2) is 0 Å². The second-order valence-electron chi connectivity index (χ2n) is 4.12. The van der Waals surface area contributed by atoms with Crippen LogP contribution in [0.1, 0.15) is 29.7 Å². The molecule has 1 aromatic carbocycles. The van der Waals surface area contributed by atoms with E-state index in [0.717, 1.165) is 6.07 Å². The van der Waals surface area contributed by atoms with Crippen LogP contribution in [0, 0.1) is 0 Å². The van der Waals surface area contributed by atoms with Crippen molar-refractivity contribution in [1.29, 1.82) is 0 Å². The molecule has 2 aromatic rings. The molecule has 0 aliphatic heterocycles. The fourth-order valence-electron chi connectivity index (χ4n) is 1.87. The van der Waals surface area contributed by atoms with Crippen LogP contribution in [0.5, 0.6) is 0 Å². The summed E-state index contributed by atoms with van der Waals surface area (Å²) in [6.45, 7) is 2.44. The van der Waals surface area contributed by atoms with Gasteiger partial charge in [0.25, 0.3) is 0 Å². The maximum absolute atomic E-state index is 12.9. The minimum absolute atomic E-state index is 0.161. The van der Waals surface area contributed by atoms with Crippen molar-refractivity contribution >= 4 is 0 Å². The molecule has 1 heterocycles. The molecule has 1 N–H and O–H groups in total. The predicted octanol–water partition coefficient (Wildman–Crippen LogP) is 3.00. The van der Waals surface area contributed by atoms with Crippen molar-refractivity contribution in [1.82, 2.24) is 9.78 Å². The SMILES string of the molecule is CCn1cc(C(O)c2ccccc2C(F)(F)F)cn1. The number of hydrogen-bond donors (Lipinski definition) is 1. The van der Waals surface area contributed by atoms with Gasteiger partial charge in [-0.1, -0.05) is 18.2 Å². The molecule has 0 aliphatic carbocycles.